The van der Waals surface area contributed by atoms with Crippen molar-refractivity contribution in [3.05, 3.63) is 34.4 Å². The third-order valence-corrected chi connectivity index (χ3v) is 4.26. The van der Waals surface area contributed by atoms with Crippen LogP contribution in [0.25, 0.3) is 0 Å². The minimum absolute atomic E-state index is 0.153. The molecule has 1 amide bonds. The smallest absolute Gasteiger partial charge is 0.227 e. The van der Waals surface area contributed by atoms with Gasteiger partial charge in [0, 0.05) is 20.1 Å². The maximum absolute atomic E-state index is 12.5. The highest BCUT2D eigenvalue weighted by Gasteiger charge is 2.24. The highest BCUT2D eigenvalue weighted by Crippen LogP contribution is 2.20. The Kier molecular flexibility index (Phi) is 4.81. The van der Waals surface area contributed by atoms with Gasteiger partial charge in [-0.15, -0.1) is 0 Å². The van der Waals surface area contributed by atoms with Crippen LogP contribution in [0.2, 0.25) is 0 Å². The maximum Gasteiger partial charge on any atom is 0.227 e. The topological polar surface area (TPSA) is 32.3 Å². The van der Waals surface area contributed by atoms with Gasteiger partial charge in [-0.2, -0.15) is 0 Å². The minimum atomic E-state index is 0.153. The maximum atomic E-state index is 12.5. The van der Waals surface area contributed by atoms with Crippen LogP contribution in [0.3, 0.4) is 0 Å². The molecule has 2 rings (SSSR count). The van der Waals surface area contributed by atoms with E-state index in [0.29, 0.717) is 6.54 Å². The van der Waals surface area contributed by atoms with Gasteiger partial charge in [0.05, 0.1) is 5.92 Å². The zero-order valence-corrected chi connectivity index (χ0v) is 13.1. The molecule has 1 aromatic rings. The number of carbonyl (C=O) groups is 1. The fourth-order valence-corrected chi connectivity index (χ4v) is 3.15. The van der Waals surface area contributed by atoms with Crippen LogP contribution in [0.5, 0.6) is 0 Å². The second-order valence-corrected chi connectivity index (χ2v) is 6.11. The van der Waals surface area contributed by atoms with Crippen molar-refractivity contribution in [2.75, 3.05) is 20.1 Å². The van der Waals surface area contributed by atoms with Crippen LogP contribution in [0.4, 0.5) is 0 Å². The van der Waals surface area contributed by atoms with Crippen LogP contribution in [0.15, 0.2) is 12.1 Å². The first-order chi connectivity index (χ1) is 9.49. The summed E-state index contributed by atoms with van der Waals surface area (Å²) in [6.07, 6.45) is 2.12. The Hall–Kier alpha value is -1.35. The average molecular weight is 274 g/mol. The number of amides is 1. The average Bonchev–Trinajstić information content (AvgIpc) is 2.42. The van der Waals surface area contributed by atoms with Gasteiger partial charge in [0.25, 0.3) is 0 Å². The number of nitrogens with one attached hydrogen (secondary N) is 1. The molecule has 1 saturated heterocycles. The summed E-state index contributed by atoms with van der Waals surface area (Å²) in [6, 6.07) is 4.39. The molecular weight excluding hydrogens is 248 g/mol. The molecule has 0 bridgehead atoms. The van der Waals surface area contributed by atoms with E-state index in [9.17, 15) is 4.79 Å². The van der Waals surface area contributed by atoms with Gasteiger partial charge in [0.1, 0.15) is 0 Å². The predicted molar refractivity (Wildman–Crippen MR) is 82.7 cm³/mol. The van der Waals surface area contributed by atoms with Crippen LogP contribution >= 0.6 is 0 Å². The number of nitrogens with zero attached hydrogens (tertiary/aromatic N) is 1. The Morgan fingerprint density at radius 1 is 1.30 bits per heavy atom. The van der Waals surface area contributed by atoms with E-state index in [-0.39, 0.29) is 11.8 Å². The van der Waals surface area contributed by atoms with Gasteiger partial charge < -0.3 is 10.2 Å². The Morgan fingerprint density at radius 2 is 1.95 bits per heavy atom. The summed E-state index contributed by atoms with van der Waals surface area (Å²) in [5.41, 5.74) is 5.14. The largest absolute Gasteiger partial charge is 0.341 e. The van der Waals surface area contributed by atoms with Gasteiger partial charge in [0.2, 0.25) is 5.91 Å². The Bertz CT molecular complexity index is 467. The fraction of sp³-hybridized carbons (Fsp3) is 0.588. The standard InChI is InChI=1S/C17H26N2O/c1-12-8-13(2)16(14(3)9-12)11-19(4)17(20)15-6-5-7-18-10-15/h8-9,15,18H,5-7,10-11H2,1-4H3. The molecule has 1 aliphatic heterocycles. The van der Waals surface area contributed by atoms with Gasteiger partial charge in [-0.25, -0.2) is 0 Å². The molecule has 20 heavy (non-hydrogen) atoms. The van der Waals surface area contributed by atoms with Crippen molar-refractivity contribution in [3.63, 3.8) is 0 Å². The van der Waals surface area contributed by atoms with E-state index in [1.54, 1.807) is 0 Å². The van der Waals surface area contributed by atoms with Crippen LogP contribution in [-0.4, -0.2) is 30.9 Å². The van der Waals surface area contributed by atoms with Crippen molar-refractivity contribution in [1.82, 2.24) is 10.2 Å². The van der Waals surface area contributed by atoms with Crippen molar-refractivity contribution in [2.24, 2.45) is 5.92 Å². The highest BCUT2D eigenvalue weighted by atomic mass is 16.2. The third-order valence-electron chi connectivity index (χ3n) is 4.26. The van der Waals surface area contributed by atoms with E-state index in [2.05, 4.69) is 38.2 Å². The van der Waals surface area contributed by atoms with E-state index in [0.717, 1.165) is 25.9 Å². The number of carbonyl (C=O) groups excluding carboxylic acids is 1. The second-order valence-electron chi connectivity index (χ2n) is 6.11. The van der Waals surface area contributed by atoms with Crippen LogP contribution in [0.1, 0.15) is 35.1 Å². The van der Waals surface area contributed by atoms with E-state index in [1.165, 1.54) is 22.3 Å². The van der Waals surface area contributed by atoms with E-state index in [1.807, 2.05) is 11.9 Å². The summed E-state index contributed by atoms with van der Waals surface area (Å²) in [5.74, 6) is 0.427. The van der Waals surface area contributed by atoms with E-state index >= 15 is 0 Å². The summed E-state index contributed by atoms with van der Waals surface area (Å²) in [4.78, 5) is 14.4. The van der Waals surface area contributed by atoms with Gasteiger partial charge in [-0.05, 0) is 56.8 Å². The van der Waals surface area contributed by atoms with Crippen molar-refractivity contribution in [2.45, 2.75) is 40.2 Å². The Balaban J connectivity index is 2.07. The molecule has 1 unspecified atom stereocenters. The second kappa shape index (κ2) is 6.40. The first kappa shape index (κ1) is 15.0. The predicted octanol–water partition coefficient (Wildman–Crippen LogP) is 2.57. The summed E-state index contributed by atoms with van der Waals surface area (Å²) >= 11 is 0. The van der Waals surface area contributed by atoms with Gasteiger partial charge >= 0.3 is 0 Å². The number of hydrogen-bond donors (Lipinski definition) is 1. The van der Waals surface area contributed by atoms with Crippen LogP contribution in [-0.2, 0) is 11.3 Å². The summed E-state index contributed by atoms with van der Waals surface area (Å²) in [5, 5.41) is 3.32. The molecule has 1 aromatic carbocycles. The molecule has 0 saturated carbocycles. The number of benzene rings is 1. The molecule has 3 nitrogen and oxygen atoms in total. The minimum Gasteiger partial charge on any atom is -0.341 e. The lowest BCUT2D eigenvalue weighted by Gasteiger charge is -2.28. The molecular formula is C17H26N2O. The molecule has 0 radical (unpaired) electrons. The Labute approximate surface area is 122 Å². The summed E-state index contributed by atoms with van der Waals surface area (Å²) in [7, 11) is 1.93. The van der Waals surface area contributed by atoms with Crippen molar-refractivity contribution >= 4 is 5.91 Å². The van der Waals surface area contributed by atoms with Crippen LogP contribution < -0.4 is 5.32 Å². The van der Waals surface area contributed by atoms with Crippen molar-refractivity contribution in [3.8, 4) is 0 Å². The van der Waals surface area contributed by atoms with Crippen molar-refractivity contribution in [1.29, 1.82) is 0 Å². The first-order valence-corrected chi connectivity index (χ1v) is 7.51. The highest BCUT2D eigenvalue weighted by molar-refractivity contribution is 5.79. The molecule has 110 valence electrons. The van der Waals surface area contributed by atoms with E-state index < -0.39 is 0 Å². The molecule has 1 fully saturated rings. The SMILES string of the molecule is Cc1cc(C)c(CN(C)C(=O)C2CCCNC2)c(C)c1. The molecule has 1 heterocycles. The molecule has 0 aromatic heterocycles. The normalized spacial score (nSPS) is 18.9. The summed E-state index contributed by atoms with van der Waals surface area (Å²) in [6.45, 7) is 8.98. The quantitative estimate of drug-likeness (QED) is 0.919. The lowest BCUT2D eigenvalue weighted by atomic mass is 9.96. The van der Waals surface area contributed by atoms with Gasteiger partial charge in [0.15, 0.2) is 0 Å². The summed E-state index contributed by atoms with van der Waals surface area (Å²) < 4.78 is 0. The van der Waals surface area contributed by atoms with Gasteiger partial charge in [-0.3, -0.25) is 4.79 Å². The molecule has 1 aliphatic rings. The zero-order chi connectivity index (χ0) is 14.7. The lowest BCUT2D eigenvalue weighted by Crippen LogP contribution is -2.41. The van der Waals surface area contributed by atoms with Crippen molar-refractivity contribution < 1.29 is 4.79 Å². The molecule has 1 N–H and O–H groups in total. The van der Waals surface area contributed by atoms with Crippen LogP contribution in [0, 0.1) is 26.7 Å². The fourth-order valence-electron chi connectivity index (χ4n) is 3.15. The molecule has 1 atom stereocenters. The number of piperidine rings is 1. The first-order valence-electron chi connectivity index (χ1n) is 7.51. The number of rotatable bonds is 3. The zero-order valence-electron chi connectivity index (χ0n) is 13.1. The molecule has 0 spiro atoms. The molecule has 3 heteroatoms. The Morgan fingerprint density at radius 3 is 2.50 bits per heavy atom. The lowest BCUT2D eigenvalue weighted by molar-refractivity contribution is -0.135. The monoisotopic (exact) mass is 274 g/mol. The molecule has 0 aliphatic carbocycles. The third kappa shape index (κ3) is 3.40. The number of hydrogen-bond acceptors (Lipinski definition) is 2. The van der Waals surface area contributed by atoms with Gasteiger partial charge in [-0.1, -0.05) is 17.7 Å². The number of aryl methyl sites for hydroxylation is 3. The van der Waals surface area contributed by atoms with E-state index in [4.69, 9.17) is 0 Å².